The molecule has 0 spiro atoms. The monoisotopic (exact) mass is 176 g/mol. The molecule has 0 aliphatic carbocycles. The number of benzene rings is 1. The van der Waals surface area contributed by atoms with E-state index in [1.807, 2.05) is 18.2 Å². The van der Waals surface area contributed by atoms with E-state index < -0.39 is 0 Å². The molecule has 2 rings (SSSR count). The van der Waals surface area contributed by atoms with Gasteiger partial charge in [0.15, 0.2) is 11.4 Å². The Kier molecular flexibility index (Phi) is 1.66. The number of aromatic nitrogens is 2. The van der Waals surface area contributed by atoms with Crippen molar-refractivity contribution in [2.24, 2.45) is 0 Å². The fraction of sp³-hybridized carbons (Fsp3) is 0. The van der Waals surface area contributed by atoms with E-state index in [2.05, 4.69) is 5.10 Å². The van der Waals surface area contributed by atoms with Gasteiger partial charge in [-0.25, -0.2) is 0 Å². The molecule has 1 heterocycles. The van der Waals surface area contributed by atoms with Crippen LogP contribution in [0.5, 0.6) is 5.75 Å². The Morgan fingerprint density at radius 1 is 1.15 bits per heavy atom. The van der Waals surface area contributed by atoms with E-state index in [0.717, 1.165) is 5.56 Å². The third kappa shape index (κ3) is 1.22. The average Bonchev–Trinajstić information content (AvgIpc) is 2.48. The van der Waals surface area contributed by atoms with Crippen LogP contribution in [-0.4, -0.2) is 20.3 Å². The van der Waals surface area contributed by atoms with Crippen LogP contribution < -0.4 is 0 Å². The minimum absolute atomic E-state index is 0.0336. The topological polar surface area (TPSA) is 58.3 Å². The molecule has 1 aromatic carbocycles. The summed E-state index contributed by atoms with van der Waals surface area (Å²) in [6.07, 6.45) is 1.20. The maximum Gasteiger partial charge on any atom is 0.165 e. The normalized spacial score (nSPS) is 10.2. The fourth-order valence-corrected chi connectivity index (χ4v) is 1.19. The smallest absolute Gasteiger partial charge is 0.165 e. The molecule has 1 aromatic heterocycles. The van der Waals surface area contributed by atoms with Gasteiger partial charge in [-0.15, -0.1) is 5.10 Å². The van der Waals surface area contributed by atoms with Crippen LogP contribution in [0.25, 0.3) is 11.3 Å². The summed E-state index contributed by atoms with van der Waals surface area (Å²) in [4.78, 5) is 0.657. The predicted octanol–water partition coefficient (Wildman–Crippen LogP) is 1.49. The first-order valence-electron chi connectivity index (χ1n) is 3.80. The summed E-state index contributed by atoms with van der Waals surface area (Å²) in [5.74, 6) is -0.0336. The highest BCUT2D eigenvalue weighted by molar-refractivity contribution is 5.65. The molecule has 0 saturated carbocycles. The molecule has 66 valence electrons. The summed E-state index contributed by atoms with van der Waals surface area (Å²) < 4.78 is 0. The fourth-order valence-electron chi connectivity index (χ4n) is 1.19. The molecule has 0 saturated heterocycles. The van der Waals surface area contributed by atoms with Crippen molar-refractivity contribution in [3.63, 3.8) is 0 Å². The van der Waals surface area contributed by atoms with E-state index >= 15 is 0 Å². The number of rotatable bonds is 1. The highest BCUT2D eigenvalue weighted by atomic mass is 16.5. The van der Waals surface area contributed by atoms with Crippen molar-refractivity contribution in [1.29, 1.82) is 0 Å². The largest absolute Gasteiger partial charge is 0.504 e. The lowest BCUT2D eigenvalue weighted by Gasteiger charge is -1.99. The minimum Gasteiger partial charge on any atom is -0.504 e. The summed E-state index contributed by atoms with van der Waals surface area (Å²) in [5, 5.41) is 22.1. The summed E-state index contributed by atoms with van der Waals surface area (Å²) in [6, 6.07) is 9.06. The van der Waals surface area contributed by atoms with E-state index in [4.69, 9.17) is 0 Å². The second-order valence-electron chi connectivity index (χ2n) is 2.63. The highest BCUT2D eigenvalue weighted by Crippen LogP contribution is 2.27. The molecule has 0 amide bonds. The molecule has 4 nitrogen and oxygen atoms in total. The Morgan fingerprint density at radius 3 is 2.38 bits per heavy atom. The molecule has 0 atom stereocenters. The van der Waals surface area contributed by atoms with Crippen molar-refractivity contribution >= 4 is 0 Å². The van der Waals surface area contributed by atoms with Crippen molar-refractivity contribution in [3.05, 3.63) is 36.5 Å². The van der Waals surface area contributed by atoms with Gasteiger partial charge in [0.05, 0.1) is 6.20 Å². The molecule has 0 bridgehead atoms. The number of nitrogens with zero attached hydrogens (tertiary/aromatic N) is 2. The van der Waals surface area contributed by atoms with Gasteiger partial charge in [0, 0.05) is 5.56 Å². The summed E-state index contributed by atoms with van der Waals surface area (Å²) in [6.45, 7) is 0. The lowest BCUT2D eigenvalue weighted by Crippen LogP contribution is -1.94. The molecule has 0 aliphatic heterocycles. The first-order chi connectivity index (χ1) is 6.29. The lowest BCUT2D eigenvalue weighted by molar-refractivity contribution is 0.153. The average molecular weight is 176 g/mol. The van der Waals surface area contributed by atoms with E-state index in [-0.39, 0.29) is 5.75 Å². The van der Waals surface area contributed by atoms with Crippen LogP contribution in [0.15, 0.2) is 36.5 Å². The van der Waals surface area contributed by atoms with Crippen molar-refractivity contribution in [3.8, 4) is 17.0 Å². The third-order valence-corrected chi connectivity index (χ3v) is 1.78. The molecule has 0 fully saturated rings. The molecule has 0 unspecified atom stereocenters. The van der Waals surface area contributed by atoms with Crippen molar-refractivity contribution in [1.82, 2.24) is 9.94 Å². The summed E-state index contributed by atoms with van der Waals surface area (Å²) in [7, 11) is 0. The Hall–Kier alpha value is -1.97. The van der Waals surface area contributed by atoms with Gasteiger partial charge >= 0.3 is 0 Å². The first-order valence-corrected chi connectivity index (χ1v) is 3.80. The maximum atomic E-state index is 9.34. The maximum absolute atomic E-state index is 9.34. The van der Waals surface area contributed by atoms with Crippen LogP contribution in [0.2, 0.25) is 0 Å². The Labute approximate surface area is 74.6 Å². The van der Waals surface area contributed by atoms with Gasteiger partial charge in [-0.05, 0) is 0 Å². The highest BCUT2D eigenvalue weighted by Gasteiger charge is 2.10. The zero-order chi connectivity index (χ0) is 9.26. The van der Waals surface area contributed by atoms with E-state index in [9.17, 15) is 10.3 Å². The Balaban J connectivity index is 2.59. The van der Waals surface area contributed by atoms with Crippen LogP contribution in [0, 0.1) is 0 Å². The van der Waals surface area contributed by atoms with Gasteiger partial charge in [0.2, 0.25) is 0 Å². The molecule has 4 heteroatoms. The zero-order valence-electron chi connectivity index (χ0n) is 6.75. The number of hydrogen-bond acceptors (Lipinski definition) is 3. The number of aromatic hydroxyl groups is 1. The van der Waals surface area contributed by atoms with Crippen LogP contribution in [0.4, 0.5) is 0 Å². The predicted molar refractivity (Wildman–Crippen MR) is 46.5 cm³/mol. The molecule has 2 aromatic rings. The van der Waals surface area contributed by atoms with Crippen molar-refractivity contribution in [2.45, 2.75) is 0 Å². The van der Waals surface area contributed by atoms with E-state index in [0.29, 0.717) is 10.5 Å². The SMILES string of the molecule is Oc1cnn(O)c1-c1ccccc1. The molecule has 0 aliphatic rings. The molecular weight excluding hydrogens is 168 g/mol. The van der Waals surface area contributed by atoms with Gasteiger partial charge in [0.1, 0.15) is 0 Å². The van der Waals surface area contributed by atoms with Crippen LogP contribution in [0.3, 0.4) is 0 Å². The quantitative estimate of drug-likeness (QED) is 0.647. The minimum atomic E-state index is -0.0336. The molecule has 0 radical (unpaired) electrons. The first kappa shape index (κ1) is 7.67. The van der Waals surface area contributed by atoms with Gasteiger partial charge in [-0.1, -0.05) is 35.2 Å². The van der Waals surface area contributed by atoms with E-state index in [1.165, 1.54) is 6.20 Å². The molecule has 13 heavy (non-hydrogen) atoms. The summed E-state index contributed by atoms with van der Waals surface area (Å²) >= 11 is 0. The second-order valence-corrected chi connectivity index (χ2v) is 2.63. The third-order valence-electron chi connectivity index (χ3n) is 1.78. The van der Waals surface area contributed by atoms with Crippen molar-refractivity contribution in [2.75, 3.05) is 0 Å². The van der Waals surface area contributed by atoms with Gasteiger partial charge < -0.3 is 10.3 Å². The van der Waals surface area contributed by atoms with Crippen LogP contribution in [0.1, 0.15) is 0 Å². The van der Waals surface area contributed by atoms with Gasteiger partial charge in [-0.2, -0.15) is 0 Å². The lowest BCUT2D eigenvalue weighted by atomic mass is 10.1. The summed E-state index contributed by atoms with van der Waals surface area (Å²) in [5.41, 5.74) is 1.03. The van der Waals surface area contributed by atoms with E-state index in [1.54, 1.807) is 12.1 Å². The van der Waals surface area contributed by atoms with Crippen LogP contribution >= 0.6 is 0 Å². The molecular formula is C9H8N2O2. The van der Waals surface area contributed by atoms with Gasteiger partial charge in [0.25, 0.3) is 0 Å². The van der Waals surface area contributed by atoms with Crippen molar-refractivity contribution < 1.29 is 10.3 Å². The number of hydrogen-bond donors (Lipinski definition) is 2. The Bertz CT molecular complexity index is 389. The van der Waals surface area contributed by atoms with Gasteiger partial charge in [-0.3, -0.25) is 0 Å². The standard InChI is InChI=1S/C9H8N2O2/c12-8-6-10-11(13)9(8)7-4-2-1-3-5-7/h1-6,12-13H. The Morgan fingerprint density at radius 2 is 1.85 bits per heavy atom. The molecule has 2 N–H and O–H groups in total. The zero-order valence-corrected chi connectivity index (χ0v) is 6.75. The second kappa shape index (κ2) is 2.82. The van der Waals surface area contributed by atoms with Crippen LogP contribution in [-0.2, 0) is 0 Å².